The third kappa shape index (κ3) is 2.96. The van der Waals surface area contributed by atoms with E-state index in [-0.39, 0.29) is 0 Å². The van der Waals surface area contributed by atoms with Crippen LogP contribution in [0.4, 0.5) is 0 Å². The van der Waals surface area contributed by atoms with E-state index >= 15 is 0 Å². The maximum absolute atomic E-state index is 6.28. The average Bonchev–Trinajstić information content (AvgIpc) is 3.00. The van der Waals surface area contributed by atoms with E-state index in [0.29, 0.717) is 5.92 Å². The van der Waals surface area contributed by atoms with Crippen LogP contribution in [0.25, 0.3) is 0 Å². The van der Waals surface area contributed by atoms with Gasteiger partial charge < -0.3 is 0 Å². The van der Waals surface area contributed by atoms with Crippen molar-refractivity contribution in [1.29, 1.82) is 0 Å². The maximum Gasteiger partial charge on any atom is 0.131 e. The van der Waals surface area contributed by atoms with E-state index in [9.17, 15) is 0 Å². The minimum absolute atomic E-state index is 0.544. The first-order chi connectivity index (χ1) is 9.22. The SMILES string of the molecule is Cc1nnc(CN2CC[C@H](c3ccccc3Cl)C2)s1. The summed E-state index contributed by atoms with van der Waals surface area (Å²) in [5.41, 5.74) is 1.28. The fourth-order valence-electron chi connectivity index (χ4n) is 2.63. The molecule has 1 saturated heterocycles. The summed E-state index contributed by atoms with van der Waals surface area (Å²) in [6.45, 7) is 5.07. The highest BCUT2D eigenvalue weighted by molar-refractivity contribution is 7.11. The number of benzene rings is 1. The Labute approximate surface area is 122 Å². The van der Waals surface area contributed by atoms with E-state index in [1.807, 2.05) is 19.1 Å². The quantitative estimate of drug-likeness (QED) is 0.867. The second kappa shape index (κ2) is 5.57. The number of likely N-dealkylation sites (tertiary alicyclic amines) is 1. The van der Waals surface area contributed by atoms with Crippen molar-refractivity contribution in [2.75, 3.05) is 13.1 Å². The zero-order chi connectivity index (χ0) is 13.2. The molecule has 0 radical (unpaired) electrons. The number of hydrogen-bond donors (Lipinski definition) is 0. The van der Waals surface area contributed by atoms with Gasteiger partial charge in [0.05, 0.1) is 6.54 Å². The summed E-state index contributed by atoms with van der Waals surface area (Å²) in [5.74, 6) is 0.544. The predicted molar refractivity (Wildman–Crippen MR) is 78.7 cm³/mol. The van der Waals surface area contributed by atoms with Gasteiger partial charge in [-0.25, -0.2) is 0 Å². The summed E-state index contributed by atoms with van der Waals surface area (Å²) in [7, 11) is 0. The molecule has 0 N–H and O–H groups in total. The van der Waals surface area contributed by atoms with Crippen molar-refractivity contribution >= 4 is 22.9 Å². The first-order valence-corrected chi connectivity index (χ1v) is 7.67. The molecule has 1 aliphatic rings. The van der Waals surface area contributed by atoms with Crippen LogP contribution in [0.2, 0.25) is 5.02 Å². The lowest BCUT2D eigenvalue weighted by Crippen LogP contribution is -2.19. The van der Waals surface area contributed by atoms with Crippen LogP contribution in [0.1, 0.15) is 27.9 Å². The number of nitrogens with zero attached hydrogens (tertiary/aromatic N) is 3. The minimum Gasteiger partial charge on any atom is -0.296 e. The number of rotatable bonds is 3. The smallest absolute Gasteiger partial charge is 0.131 e. The van der Waals surface area contributed by atoms with Crippen molar-refractivity contribution in [1.82, 2.24) is 15.1 Å². The lowest BCUT2D eigenvalue weighted by atomic mass is 9.98. The zero-order valence-electron chi connectivity index (χ0n) is 10.8. The summed E-state index contributed by atoms with van der Waals surface area (Å²) in [4.78, 5) is 2.44. The molecule has 0 aliphatic carbocycles. The van der Waals surface area contributed by atoms with Gasteiger partial charge in [-0.1, -0.05) is 29.8 Å². The predicted octanol–water partition coefficient (Wildman–Crippen LogP) is 3.49. The van der Waals surface area contributed by atoms with Crippen molar-refractivity contribution < 1.29 is 0 Å². The molecule has 1 aliphatic heterocycles. The molecular weight excluding hydrogens is 278 g/mol. The lowest BCUT2D eigenvalue weighted by Gasteiger charge is -2.15. The van der Waals surface area contributed by atoms with Gasteiger partial charge in [0.15, 0.2) is 0 Å². The van der Waals surface area contributed by atoms with E-state index in [2.05, 4.69) is 27.2 Å². The molecule has 2 aromatic rings. The molecule has 100 valence electrons. The Morgan fingerprint density at radius 1 is 1.37 bits per heavy atom. The van der Waals surface area contributed by atoms with Gasteiger partial charge in [-0.05, 0) is 37.4 Å². The second-order valence-electron chi connectivity index (χ2n) is 4.96. The molecule has 19 heavy (non-hydrogen) atoms. The summed E-state index contributed by atoms with van der Waals surface area (Å²) < 4.78 is 0. The molecule has 0 spiro atoms. The molecule has 1 fully saturated rings. The molecule has 1 atom stereocenters. The Bertz CT molecular complexity index is 569. The Morgan fingerprint density at radius 2 is 2.21 bits per heavy atom. The monoisotopic (exact) mass is 293 g/mol. The topological polar surface area (TPSA) is 29.0 Å². The van der Waals surface area contributed by atoms with Crippen molar-refractivity contribution in [3.8, 4) is 0 Å². The van der Waals surface area contributed by atoms with E-state index in [1.54, 1.807) is 11.3 Å². The second-order valence-corrected chi connectivity index (χ2v) is 6.63. The van der Waals surface area contributed by atoms with E-state index in [1.165, 1.54) is 12.0 Å². The van der Waals surface area contributed by atoms with Gasteiger partial charge in [0.1, 0.15) is 10.0 Å². The van der Waals surface area contributed by atoms with Gasteiger partial charge >= 0.3 is 0 Å². The fourth-order valence-corrected chi connectivity index (χ4v) is 3.67. The summed E-state index contributed by atoms with van der Waals surface area (Å²) >= 11 is 7.96. The molecule has 3 rings (SSSR count). The average molecular weight is 294 g/mol. The van der Waals surface area contributed by atoms with Crippen molar-refractivity contribution in [3.05, 3.63) is 44.9 Å². The third-order valence-corrected chi connectivity index (χ3v) is 4.71. The molecule has 0 saturated carbocycles. The Hall–Kier alpha value is -0.970. The number of hydrogen-bond acceptors (Lipinski definition) is 4. The van der Waals surface area contributed by atoms with E-state index in [0.717, 1.165) is 34.7 Å². The van der Waals surface area contributed by atoms with Crippen LogP contribution in [0.5, 0.6) is 0 Å². The standard InChI is InChI=1S/C14H16ClN3S/c1-10-16-17-14(19-10)9-18-7-6-11(8-18)12-4-2-3-5-13(12)15/h2-5,11H,6-9H2,1H3/t11-/m0/s1. The molecule has 0 amide bonds. The minimum atomic E-state index is 0.544. The van der Waals surface area contributed by atoms with Crippen LogP contribution >= 0.6 is 22.9 Å². The van der Waals surface area contributed by atoms with Crippen LogP contribution < -0.4 is 0 Å². The van der Waals surface area contributed by atoms with E-state index < -0.39 is 0 Å². The Morgan fingerprint density at radius 3 is 2.95 bits per heavy atom. The van der Waals surface area contributed by atoms with Crippen molar-refractivity contribution in [2.45, 2.75) is 25.8 Å². The molecule has 2 heterocycles. The highest BCUT2D eigenvalue weighted by atomic mass is 35.5. The number of aromatic nitrogens is 2. The zero-order valence-corrected chi connectivity index (χ0v) is 12.4. The molecule has 1 aromatic carbocycles. The van der Waals surface area contributed by atoms with Crippen LogP contribution in [-0.4, -0.2) is 28.2 Å². The molecule has 3 nitrogen and oxygen atoms in total. The highest BCUT2D eigenvalue weighted by Gasteiger charge is 2.25. The summed E-state index contributed by atoms with van der Waals surface area (Å²) in [6.07, 6.45) is 1.17. The fraction of sp³-hybridized carbons (Fsp3) is 0.429. The third-order valence-electron chi connectivity index (χ3n) is 3.54. The molecule has 5 heteroatoms. The lowest BCUT2D eigenvalue weighted by molar-refractivity contribution is 0.325. The Balaban J connectivity index is 1.66. The van der Waals surface area contributed by atoms with Gasteiger partial charge in [-0.2, -0.15) is 0 Å². The number of halogens is 1. The maximum atomic E-state index is 6.28. The van der Waals surface area contributed by atoms with Crippen LogP contribution in [0.15, 0.2) is 24.3 Å². The van der Waals surface area contributed by atoms with Gasteiger partial charge in [-0.3, -0.25) is 4.90 Å². The van der Waals surface area contributed by atoms with Gasteiger partial charge in [0.2, 0.25) is 0 Å². The summed E-state index contributed by atoms with van der Waals surface area (Å²) in [6, 6.07) is 8.18. The Kier molecular flexibility index (Phi) is 3.82. The van der Waals surface area contributed by atoms with Crippen molar-refractivity contribution in [3.63, 3.8) is 0 Å². The first kappa shape index (κ1) is 13.0. The van der Waals surface area contributed by atoms with Gasteiger partial charge in [0, 0.05) is 11.6 Å². The summed E-state index contributed by atoms with van der Waals surface area (Å²) in [5, 5.41) is 11.3. The first-order valence-electron chi connectivity index (χ1n) is 6.48. The molecular formula is C14H16ClN3S. The number of aryl methyl sites for hydroxylation is 1. The van der Waals surface area contributed by atoms with Crippen LogP contribution in [0, 0.1) is 6.92 Å². The van der Waals surface area contributed by atoms with E-state index in [4.69, 9.17) is 11.6 Å². The largest absolute Gasteiger partial charge is 0.296 e. The highest BCUT2D eigenvalue weighted by Crippen LogP contribution is 2.32. The van der Waals surface area contributed by atoms with Gasteiger partial charge in [0.25, 0.3) is 0 Å². The van der Waals surface area contributed by atoms with Crippen LogP contribution in [-0.2, 0) is 6.54 Å². The normalized spacial score (nSPS) is 20.0. The van der Waals surface area contributed by atoms with Crippen LogP contribution in [0.3, 0.4) is 0 Å². The molecule has 0 unspecified atom stereocenters. The van der Waals surface area contributed by atoms with Gasteiger partial charge in [-0.15, -0.1) is 21.5 Å². The molecule has 0 bridgehead atoms. The van der Waals surface area contributed by atoms with Crippen molar-refractivity contribution in [2.24, 2.45) is 0 Å². The molecule has 1 aromatic heterocycles.